The van der Waals surface area contributed by atoms with E-state index in [4.69, 9.17) is 5.21 Å². The fraction of sp³-hybridized carbons (Fsp3) is 0.125. The minimum atomic E-state index is 0.602. The highest BCUT2D eigenvalue weighted by atomic mass is 16.4. The summed E-state index contributed by atoms with van der Waals surface area (Å²) in [5.41, 5.74) is 1.75. The van der Waals surface area contributed by atoms with Gasteiger partial charge in [-0.05, 0) is 6.07 Å². The lowest BCUT2D eigenvalue weighted by atomic mass is 10.4. The maximum atomic E-state index is 8.37. The number of fused-ring (bicyclic) bond motifs is 1. The largest absolute Gasteiger partial charge is 0.411 e. The first-order valence-electron chi connectivity index (χ1n) is 3.77. The molecule has 5 nitrogen and oxygen atoms in total. The van der Waals surface area contributed by atoms with E-state index in [0.717, 1.165) is 11.0 Å². The van der Waals surface area contributed by atoms with Gasteiger partial charge in [0.2, 0.25) is 0 Å². The summed E-state index contributed by atoms with van der Waals surface area (Å²) in [4.78, 5) is 8.14. The summed E-state index contributed by atoms with van der Waals surface area (Å²) >= 11 is 0. The zero-order chi connectivity index (χ0) is 9.26. The molecule has 0 unspecified atom stereocenters. The predicted molar refractivity (Wildman–Crippen MR) is 47.9 cm³/mol. The van der Waals surface area contributed by atoms with E-state index < -0.39 is 0 Å². The van der Waals surface area contributed by atoms with E-state index in [9.17, 15) is 0 Å². The lowest BCUT2D eigenvalue weighted by molar-refractivity contribution is 0.321. The first-order valence-corrected chi connectivity index (χ1v) is 3.77. The molecule has 0 aliphatic carbocycles. The highest BCUT2D eigenvalue weighted by molar-refractivity contribution is 5.84. The van der Waals surface area contributed by atoms with Gasteiger partial charge in [0.25, 0.3) is 0 Å². The third-order valence-electron chi connectivity index (χ3n) is 1.89. The van der Waals surface area contributed by atoms with Gasteiger partial charge in [-0.15, -0.1) is 0 Å². The maximum absolute atomic E-state index is 8.37. The van der Waals surface area contributed by atoms with E-state index in [0.29, 0.717) is 5.82 Å². The molecule has 13 heavy (non-hydrogen) atoms. The minimum absolute atomic E-state index is 0.602. The lowest BCUT2D eigenvalue weighted by Gasteiger charge is -1.93. The number of nitrogens with zero attached hydrogens (tertiary/aromatic N) is 4. The van der Waals surface area contributed by atoms with Crippen molar-refractivity contribution >= 4 is 17.2 Å². The van der Waals surface area contributed by atoms with Gasteiger partial charge in [0.1, 0.15) is 11.7 Å². The van der Waals surface area contributed by atoms with E-state index in [2.05, 4.69) is 15.1 Å². The van der Waals surface area contributed by atoms with Gasteiger partial charge >= 0.3 is 0 Å². The molecule has 0 aromatic carbocycles. The number of hydrogen-bond donors (Lipinski definition) is 1. The normalized spacial score (nSPS) is 11.5. The Morgan fingerprint density at radius 3 is 3.15 bits per heavy atom. The van der Waals surface area contributed by atoms with Crippen LogP contribution >= 0.6 is 0 Å². The van der Waals surface area contributed by atoms with Crippen molar-refractivity contribution in [2.24, 2.45) is 12.2 Å². The molecule has 2 heterocycles. The van der Waals surface area contributed by atoms with Crippen molar-refractivity contribution in [3.05, 3.63) is 24.3 Å². The number of rotatable bonds is 1. The third kappa shape index (κ3) is 1.14. The van der Waals surface area contributed by atoms with Crippen molar-refractivity contribution < 1.29 is 5.21 Å². The molecular formula is C8H8N4O. The first-order chi connectivity index (χ1) is 6.33. The average molecular weight is 176 g/mol. The topological polar surface area (TPSA) is 63.3 Å². The second kappa shape index (κ2) is 2.85. The lowest BCUT2D eigenvalue weighted by Crippen LogP contribution is -1.95. The van der Waals surface area contributed by atoms with Crippen LogP contribution in [0.25, 0.3) is 11.0 Å². The summed E-state index contributed by atoms with van der Waals surface area (Å²) in [6.45, 7) is 0. The van der Waals surface area contributed by atoms with Crippen LogP contribution in [0.2, 0.25) is 0 Å². The molecule has 5 heteroatoms. The molecule has 0 radical (unpaired) electrons. The number of hydrogen-bond acceptors (Lipinski definition) is 4. The molecule has 0 aliphatic rings. The van der Waals surface area contributed by atoms with Gasteiger partial charge in [-0.3, -0.25) is 4.98 Å². The van der Waals surface area contributed by atoms with Gasteiger partial charge in [0.05, 0.1) is 11.7 Å². The standard InChI is InChI=1S/C8H8N4O/c1-12-7-2-3-9-4-6(7)11-8(12)5-10-13/h2-5,13H,1H3. The summed E-state index contributed by atoms with van der Waals surface area (Å²) in [5.74, 6) is 0.602. The van der Waals surface area contributed by atoms with Crippen LogP contribution in [0.1, 0.15) is 5.82 Å². The molecule has 0 fully saturated rings. The van der Waals surface area contributed by atoms with E-state index in [1.54, 1.807) is 12.4 Å². The Bertz CT molecular complexity index is 460. The Kier molecular flexibility index (Phi) is 1.70. The molecule has 0 bridgehead atoms. The van der Waals surface area contributed by atoms with E-state index >= 15 is 0 Å². The maximum Gasteiger partial charge on any atom is 0.155 e. The molecule has 2 aromatic rings. The fourth-order valence-electron chi connectivity index (χ4n) is 1.24. The number of aromatic nitrogens is 3. The van der Waals surface area contributed by atoms with Crippen molar-refractivity contribution in [2.45, 2.75) is 0 Å². The third-order valence-corrected chi connectivity index (χ3v) is 1.89. The molecular weight excluding hydrogens is 168 g/mol. The van der Waals surface area contributed by atoms with Crippen LogP contribution in [-0.2, 0) is 7.05 Å². The molecule has 0 aliphatic heterocycles. The van der Waals surface area contributed by atoms with Crippen LogP contribution < -0.4 is 0 Å². The van der Waals surface area contributed by atoms with Crippen LogP contribution in [0.5, 0.6) is 0 Å². The predicted octanol–water partition coefficient (Wildman–Crippen LogP) is 0.776. The van der Waals surface area contributed by atoms with Gasteiger partial charge in [-0.25, -0.2) is 4.98 Å². The molecule has 0 saturated heterocycles. The Balaban J connectivity index is 2.73. The zero-order valence-electron chi connectivity index (χ0n) is 7.05. The van der Waals surface area contributed by atoms with Crippen molar-refractivity contribution in [1.29, 1.82) is 0 Å². The van der Waals surface area contributed by atoms with E-state index in [-0.39, 0.29) is 0 Å². The van der Waals surface area contributed by atoms with Gasteiger partial charge in [0.15, 0.2) is 5.82 Å². The van der Waals surface area contributed by atoms with Crippen LogP contribution in [0.3, 0.4) is 0 Å². The van der Waals surface area contributed by atoms with Gasteiger partial charge in [-0.1, -0.05) is 5.16 Å². The Labute approximate surface area is 74.3 Å². The molecule has 0 atom stereocenters. The first kappa shape index (κ1) is 7.72. The average Bonchev–Trinajstić information content (AvgIpc) is 2.46. The summed E-state index contributed by atoms with van der Waals surface area (Å²) in [6, 6.07) is 1.86. The van der Waals surface area contributed by atoms with Gasteiger partial charge in [-0.2, -0.15) is 0 Å². The van der Waals surface area contributed by atoms with Crippen molar-refractivity contribution in [3.8, 4) is 0 Å². The molecule has 2 aromatic heterocycles. The second-order valence-corrected chi connectivity index (χ2v) is 2.64. The number of oxime groups is 1. The van der Waals surface area contributed by atoms with E-state index in [1.165, 1.54) is 6.21 Å². The highest BCUT2D eigenvalue weighted by Gasteiger charge is 2.04. The Morgan fingerprint density at radius 1 is 1.62 bits per heavy atom. The summed E-state index contributed by atoms with van der Waals surface area (Å²) < 4.78 is 1.83. The van der Waals surface area contributed by atoms with Crippen molar-refractivity contribution in [3.63, 3.8) is 0 Å². The van der Waals surface area contributed by atoms with E-state index in [1.807, 2.05) is 17.7 Å². The summed E-state index contributed by atoms with van der Waals surface area (Å²) in [6.07, 6.45) is 4.66. The molecule has 0 saturated carbocycles. The SMILES string of the molecule is Cn1c(C=NO)nc2cnccc21. The number of aryl methyl sites for hydroxylation is 1. The van der Waals surface area contributed by atoms with Crippen LogP contribution in [-0.4, -0.2) is 26.0 Å². The summed E-state index contributed by atoms with van der Waals surface area (Å²) in [7, 11) is 1.85. The number of imidazole rings is 1. The van der Waals surface area contributed by atoms with Crippen molar-refractivity contribution in [2.75, 3.05) is 0 Å². The second-order valence-electron chi connectivity index (χ2n) is 2.64. The smallest absolute Gasteiger partial charge is 0.155 e. The van der Waals surface area contributed by atoms with Crippen molar-refractivity contribution in [1.82, 2.24) is 14.5 Å². The molecule has 1 N–H and O–H groups in total. The molecule has 66 valence electrons. The molecule has 0 spiro atoms. The Hall–Kier alpha value is -1.91. The molecule has 2 rings (SSSR count). The van der Waals surface area contributed by atoms with Crippen LogP contribution in [0, 0.1) is 0 Å². The van der Waals surface area contributed by atoms with Gasteiger partial charge < -0.3 is 9.77 Å². The quantitative estimate of drug-likeness (QED) is 0.396. The fourth-order valence-corrected chi connectivity index (χ4v) is 1.24. The minimum Gasteiger partial charge on any atom is -0.411 e. The summed E-state index contributed by atoms with van der Waals surface area (Å²) in [5, 5.41) is 11.3. The van der Waals surface area contributed by atoms with Gasteiger partial charge in [0, 0.05) is 13.2 Å². The zero-order valence-corrected chi connectivity index (χ0v) is 7.05. The highest BCUT2D eigenvalue weighted by Crippen LogP contribution is 2.11. The monoisotopic (exact) mass is 176 g/mol. The Morgan fingerprint density at radius 2 is 2.46 bits per heavy atom. The van der Waals surface area contributed by atoms with Crippen LogP contribution in [0.4, 0.5) is 0 Å². The molecule has 0 amide bonds. The number of pyridine rings is 1. The van der Waals surface area contributed by atoms with Crippen LogP contribution in [0.15, 0.2) is 23.6 Å².